The Kier molecular flexibility index (Phi) is 1.78. The molecule has 2 rings (SSSR count). The third-order valence-corrected chi connectivity index (χ3v) is 1.68. The smallest absolute Gasteiger partial charge is 0.203 e. The molecular formula is C9H9O3. The van der Waals surface area contributed by atoms with Gasteiger partial charge in [-0.2, -0.15) is 0 Å². The van der Waals surface area contributed by atoms with Gasteiger partial charge in [-0.3, -0.25) is 0 Å². The van der Waals surface area contributed by atoms with Crippen molar-refractivity contribution in [3.63, 3.8) is 0 Å². The number of benzene rings is 1. The van der Waals surface area contributed by atoms with Crippen molar-refractivity contribution in [2.24, 2.45) is 0 Å². The molecule has 0 saturated carbocycles. The fraction of sp³-hybridized carbons (Fsp3) is 0.333. The predicted octanol–water partition coefficient (Wildman–Crippen LogP) is 1.27. The van der Waals surface area contributed by atoms with Crippen molar-refractivity contribution in [1.82, 2.24) is 0 Å². The van der Waals surface area contributed by atoms with Crippen LogP contribution in [0.3, 0.4) is 0 Å². The lowest BCUT2D eigenvalue weighted by Crippen LogP contribution is -2.15. The molecule has 0 spiro atoms. The van der Waals surface area contributed by atoms with Crippen molar-refractivity contribution in [3.8, 4) is 17.2 Å². The summed E-state index contributed by atoms with van der Waals surface area (Å²) in [6.45, 7) is 1.17. The highest BCUT2D eigenvalue weighted by molar-refractivity contribution is 5.51. The molecule has 0 fully saturated rings. The Bertz CT molecular complexity index is 269. The number of hydrogen-bond acceptors (Lipinski definition) is 3. The number of methoxy groups -OCH3 is 1. The fourth-order valence-corrected chi connectivity index (χ4v) is 1.14. The lowest BCUT2D eigenvalue weighted by atomic mass is 10.3. The molecule has 0 bridgehead atoms. The van der Waals surface area contributed by atoms with E-state index in [-0.39, 0.29) is 0 Å². The van der Waals surface area contributed by atoms with Gasteiger partial charge in [0.2, 0.25) is 5.75 Å². The number of fused-ring (bicyclic) bond motifs is 1. The second-order valence-corrected chi connectivity index (χ2v) is 2.41. The average Bonchev–Trinajstić information content (AvgIpc) is 2.17. The van der Waals surface area contributed by atoms with E-state index in [4.69, 9.17) is 14.2 Å². The Morgan fingerprint density at radius 2 is 2.17 bits per heavy atom. The summed E-state index contributed by atoms with van der Waals surface area (Å²) in [5.41, 5.74) is 0. The van der Waals surface area contributed by atoms with Crippen LogP contribution in [0.4, 0.5) is 0 Å². The van der Waals surface area contributed by atoms with E-state index in [0.717, 1.165) is 0 Å². The second kappa shape index (κ2) is 2.93. The van der Waals surface area contributed by atoms with E-state index in [0.29, 0.717) is 30.5 Å². The van der Waals surface area contributed by atoms with Gasteiger partial charge in [0.05, 0.1) is 7.11 Å². The minimum Gasteiger partial charge on any atom is -0.493 e. The zero-order valence-electron chi connectivity index (χ0n) is 6.79. The summed E-state index contributed by atoms with van der Waals surface area (Å²) >= 11 is 0. The Balaban J connectivity index is 2.44. The van der Waals surface area contributed by atoms with Gasteiger partial charge >= 0.3 is 0 Å². The van der Waals surface area contributed by atoms with Gasteiger partial charge in [-0.25, -0.2) is 0 Å². The van der Waals surface area contributed by atoms with E-state index in [2.05, 4.69) is 6.07 Å². The van der Waals surface area contributed by atoms with Crippen LogP contribution in [-0.2, 0) is 0 Å². The molecule has 0 aromatic heterocycles. The van der Waals surface area contributed by atoms with Crippen molar-refractivity contribution >= 4 is 0 Å². The quantitative estimate of drug-likeness (QED) is 0.627. The van der Waals surface area contributed by atoms with Crippen LogP contribution >= 0.6 is 0 Å². The second-order valence-electron chi connectivity index (χ2n) is 2.41. The van der Waals surface area contributed by atoms with Crippen molar-refractivity contribution < 1.29 is 14.2 Å². The van der Waals surface area contributed by atoms with E-state index < -0.39 is 0 Å². The first kappa shape index (κ1) is 7.28. The first-order valence-electron chi connectivity index (χ1n) is 3.75. The van der Waals surface area contributed by atoms with Gasteiger partial charge in [0.25, 0.3) is 0 Å². The molecule has 12 heavy (non-hydrogen) atoms. The molecule has 3 nitrogen and oxygen atoms in total. The molecule has 1 heterocycles. The molecule has 1 radical (unpaired) electrons. The lowest BCUT2D eigenvalue weighted by molar-refractivity contribution is 0.165. The van der Waals surface area contributed by atoms with E-state index in [9.17, 15) is 0 Å². The van der Waals surface area contributed by atoms with Gasteiger partial charge in [-0.1, -0.05) is 0 Å². The third kappa shape index (κ3) is 1.07. The lowest BCUT2D eigenvalue weighted by Gasteiger charge is -2.19. The standard InChI is InChI=1S/C9H9O3/c1-10-7-3-2-4-8-9(7)12-6-5-11-8/h3-4H,5-6H2,1H3. The summed E-state index contributed by atoms with van der Waals surface area (Å²) in [4.78, 5) is 0. The summed E-state index contributed by atoms with van der Waals surface area (Å²) in [6.07, 6.45) is 0. The highest BCUT2D eigenvalue weighted by atomic mass is 16.6. The molecule has 1 aromatic carbocycles. The topological polar surface area (TPSA) is 27.7 Å². The molecule has 1 aliphatic heterocycles. The zero-order valence-corrected chi connectivity index (χ0v) is 6.79. The predicted molar refractivity (Wildman–Crippen MR) is 42.8 cm³/mol. The molecule has 0 unspecified atom stereocenters. The average molecular weight is 165 g/mol. The zero-order chi connectivity index (χ0) is 8.39. The van der Waals surface area contributed by atoms with E-state index in [1.807, 2.05) is 0 Å². The monoisotopic (exact) mass is 165 g/mol. The van der Waals surface area contributed by atoms with Gasteiger partial charge in [0, 0.05) is 0 Å². The number of ether oxygens (including phenoxy) is 3. The van der Waals surface area contributed by atoms with Crippen LogP contribution in [0.15, 0.2) is 12.1 Å². The van der Waals surface area contributed by atoms with Crippen LogP contribution in [0.1, 0.15) is 0 Å². The molecule has 1 aromatic rings. The van der Waals surface area contributed by atoms with Gasteiger partial charge in [-0.05, 0) is 18.2 Å². The van der Waals surface area contributed by atoms with Crippen molar-refractivity contribution in [1.29, 1.82) is 0 Å². The fourth-order valence-electron chi connectivity index (χ4n) is 1.14. The Morgan fingerprint density at radius 3 is 3.00 bits per heavy atom. The molecule has 0 N–H and O–H groups in total. The summed E-state index contributed by atoms with van der Waals surface area (Å²) < 4.78 is 15.8. The van der Waals surface area contributed by atoms with E-state index >= 15 is 0 Å². The Labute approximate surface area is 70.9 Å². The maximum absolute atomic E-state index is 5.38. The molecule has 3 heteroatoms. The molecule has 0 saturated heterocycles. The summed E-state index contributed by atoms with van der Waals surface area (Å²) in [5.74, 6) is 2.07. The SMILES string of the molecule is COc1c[c]cc2c1OCCO2. The summed E-state index contributed by atoms with van der Waals surface area (Å²) in [7, 11) is 1.60. The number of hydrogen-bond donors (Lipinski definition) is 0. The van der Waals surface area contributed by atoms with Crippen LogP contribution in [0.25, 0.3) is 0 Å². The van der Waals surface area contributed by atoms with Gasteiger partial charge in [0.15, 0.2) is 11.5 Å². The molecule has 0 aliphatic carbocycles. The van der Waals surface area contributed by atoms with Gasteiger partial charge in [-0.15, -0.1) is 0 Å². The molecule has 63 valence electrons. The van der Waals surface area contributed by atoms with E-state index in [1.165, 1.54) is 0 Å². The van der Waals surface area contributed by atoms with Gasteiger partial charge in [0.1, 0.15) is 13.2 Å². The summed E-state index contributed by atoms with van der Waals surface area (Å²) in [5, 5.41) is 0. The largest absolute Gasteiger partial charge is 0.493 e. The maximum atomic E-state index is 5.38. The molecule has 0 atom stereocenters. The van der Waals surface area contributed by atoms with Crippen molar-refractivity contribution in [2.45, 2.75) is 0 Å². The van der Waals surface area contributed by atoms with Crippen LogP contribution in [0.2, 0.25) is 0 Å². The molecular weight excluding hydrogens is 156 g/mol. The minimum atomic E-state index is 0.577. The van der Waals surface area contributed by atoms with Crippen LogP contribution in [0, 0.1) is 6.07 Å². The van der Waals surface area contributed by atoms with Crippen LogP contribution in [0.5, 0.6) is 17.2 Å². The van der Waals surface area contributed by atoms with Crippen LogP contribution < -0.4 is 14.2 Å². The normalized spacial score (nSPS) is 14.1. The van der Waals surface area contributed by atoms with E-state index in [1.54, 1.807) is 19.2 Å². The Hall–Kier alpha value is -1.38. The number of rotatable bonds is 1. The maximum Gasteiger partial charge on any atom is 0.203 e. The van der Waals surface area contributed by atoms with Crippen molar-refractivity contribution in [2.75, 3.05) is 20.3 Å². The van der Waals surface area contributed by atoms with Crippen molar-refractivity contribution in [3.05, 3.63) is 18.2 Å². The molecule has 0 amide bonds. The highest BCUT2D eigenvalue weighted by Gasteiger charge is 2.15. The first-order chi connectivity index (χ1) is 5.92. The third-order valence-electron chi connectivity index (χ3n) is 1.68. The summed E-state index contributed by atoms with van der Waals surface area (Å²) in [6, 6.07) is 6.39. The minimum absolute atomic E-state index is 0.577. The highest BCUT2D eigenvalue weighted by Crippen LogP contribution is 2.38. The molecule has 1 aliphatic rings. The van der Waals surface area contributed by atoms with Crippen LogP contribution in [-0.4, -0.2) is 20.3 Å². The van der Waals surface area contributed by atoms with Gasteiger partial charge < -0.3 is 14.2 Å². The first-order valence-corrected chi connectivity index (χ1v) is 3.75. The Morgan fingerprint density at radius 1 is 1.33 bits per heavy atom.